The molecule has 0 saturated carbocycles. The van der Waals surface area contributed by atoms with Crippen LogP contribution in [0.3, 0.4) is 0 Å². The van der Waals surface area contributed by atoms with Crippen LogP contribution >= 0.6 is 0 Å². The Balaban J connectivity index is 1.65. The van der Waals surface area contributed by atoms with Crippen LogP contribution in [0.2, 0.25) is 0 Å². The molecule has 0 unspecified atom stereocenters. The molecule has 1 amide bonds. The van der Waals surface area contributed by atoms with Crippen molar-refractivity contribution in [2.45, 2.75) is 38.0 Å². The maximum atomic E-state index is 12.8. The third kappa shape index (κ3) is 4.72. The van der Waals surface area contributed by atoms with E-state index >= 15 is 0 Å². The van der Waals surface area contributed by atoms with Crippen molar-refractivity contribution < 1.29 is 17.9 Å². The number of carbonyl (C=O) groups is 1. The minimum Gasteiger partial charge on any atom is -0.483 e. The van der Waals surface area contributed by atoms with Gasteiger partial charge in [-0.25, -0.2) is 8.42 Å². The molecule has 6 nitrogen and oxygen atoms in total. The minimum atomic E-state index is -3.54. The van der Waals surface area contributed by atoms with E-state index in [1.165, 1.54) is 10.4 Å². The second-order valence-electron chi connectivity index (χ2n) is 7.03. The molecule has 28 heavy (non-hydrogen) atoms. The van der Waals surface area contributed by atoms with E-state index in [4.69, 9.17) is 4.74 Å². The van der Waals surface area contributed by atoms with Gasteiger partial charge in [0, 0.05) is 18.8 Å². The number of carbonyl (C=O) groups excluding carboxylic acids is 1. The molecule has 1 N–H and O–H groups in total. The maximum absolute atomic E-state index is 12.8. The third-order valence-electron chi connectivity index (χ3n) is 4.98. The molecular formula is C21H26N2O4S. The number of sulfonamides is 1. The van der Waals surface area contributed by atoms with E-state index in [-0.39, 0.29) is 17.4 Å². The predicted octanol–water partition coefficient (Wildman–Crippen LogP) is 3.50. The average molecular weight is 403 g/mol. The molecule has 7 heteroatoms. The van der Waals surface area contributed by atoms with Crippen LogP contribution in [-0.2, 0) is 14.8 Å². The average Bonchev–Trinajstić information content (AvgIpc) is 2.70. The molecule has 0 aromatic heterocycles. The second-order valence-corrected chi connectivity index (χ2v) is 8.97. The van der Waals surface area contributed by atoms with Crippen molar-refractivity contribution in [1.82, 2.24) is 4.31 Å². The summed E-state index contributed by atoms with van der Waals surface area (Å²) in [7, 11) is -3.54. The molecule has 0 aliphatic carbocycles. The number of nitrogens with one attached hydrogen (secondary N) is 1. The second kappa shape index (κ2) is 8.75. The van der Waals surface area contributed by atoms with Gasteiger partial charge in [-0.3, -0.25) is 4.79 Å². The molecule has 0 bridgehead atoms. The molecule has 2 aromatic rings. The minimum absolute atomic E-state index is 0.145. The summed E-state index contributed by atoms with van der Waals surface area (Å²) in [6.45, 7) is 4.87. The lowest BCUT2D eigenvalue weighted by molar-refractivity contribution is -0.118. The van der Waals surface area contributed by atoms with Gasteiger partial charge in [-0.15, -0.1) is 0 Å². The van der Waals surface area contributed by atoms with Crippen LogP contribution in [0.25, 0.3) is 0 Å². The van der Waals surface area contributed by atoms with Crippen molar-refractivity contribution in [3.05, 3.63) is 53.6 Å². The lowest BCUT2D eigenvalue weighted by Gasteiger charge is -2.26. The van der Waals surface area contributed by atoms with Gasteiger partial charge in [-0.1, -0.05) is 24.6 Å². The fourth-order valence-corrected chi connectivity index (χ4v) is 4.77. The monoisotopic (exact) mass is 402 g/mol. The Bertz CT molecular complexity index is 951. The third-order valence-corrected chi connectivity index (χ3v) is 6.88. The highest BCUT2D eigenvalue weighted by molar-refractivity contribution is 7.89. The molecule has 3 rings (SSSR count). The van der Waals surface area contributed by atoms with Crippen molar-refractivity contribution in [2.75, 3.05) is 25.0 Å². The first kappa shape index (κ1) is 20.4. The summed E-state index contributed by atoms with van der Waals surface area (Å²) >= 11 is 0. The van der Waals surface area contributed by atoms with Crippen molar-refractivity contribution in [3.8, 4) is 5.75 Å². The van der Waals surface area contributed by atoms with Crippen LogP contribution in [0, 0.1) is 13.8 Å². The summed E-state index contributed by atoms with van der Waals surface area (Å²) in [6, 6.07) is 12.1. The Morgan fingerprint density at radius 3 is 2.54 bits per heavy atom. The smallest absolute Gasteiger partial charge is 0.262 e. The number of benzene rings is 2. The van der Waals surface area contributed by atoms with Gasteiger partial charge in [0.1, 0.15) is 5.75 Å². The standard InChI is InChI=1S/C21H26N2O4S/c1-16-8-6-11-20(17(16)2)27-15-21(24)22-18-9-7-10-19(14-18)28(25,26)23-12-4-3-5-13-23/h6-11,14H,3-5,12-13,15H2,1-2H3,(H,22,24). The first-order chi connectivity index (χ1) is 13.4. The summed E-state index contributed by atoms with van der Waals surface area (Å²) in [4.78, 5) is 12.4. The molecule has 1 heterocycles. The zero-order chi connectivity index (χ0) is 20.1. The highest BCUT2D eigenvalue weighted by Crippen LogP contribution is 2.23. The van der Waals surface area contributed by atoms with Crippen LogP contribution in [-0.4, -0.2) is 38.3 Å². The molecular weight excluding hydrogens is 376 g/mol. The van der Waals surface area contributed by atoms with Crippen LogP contribution in [0.5, 0.6) is 5.75 Å². The largest absolute Gasteiger partial charge is 0.483 e. The normalized spacial score (nSPS) is 15.2. The predicted molar refractivity (Wildman–Crippen MR) is 109 cm³/mol. The summed E-state index contributed by atoms with van der Waals surface area (Å²) in [5.41, 5.74) is 2.52. The summed E-state index contributed by atoms with van der Waals surface area (Å²) < 4.78 is 32.7. The number of nitrogens with zero attached hydrogens (tertiary/aromatic N) is 1. The number of ether oxygens (including phenoxy) is 1. The zero-order valence-corrected chi connectivity index (χ0v) is 17.1. The molecule has 0 atom stereocenters. The molecule has 0 spiro atoms. The highest BCUT2D eigenvalue weighted by atomic mass is 32.2. The van der Waals surface area contributed by atoms with Gasteiger partial charge >= 0.3 is 0 Å². The van der Waals surface area contributed by atoms with Crippen LogP contribution < -0.4 is 10.1 Å². The summed E-state index contributed by atoms with van der Waals surface area (Å²) in [5, 5.41) is 2.71. The Morgan fingerprint density at radius 1 is 1.07 bits per heavy atom. The first-order valence-electron chi connectivity index (χ1n) is 9.47. The van der Waals surface area contributed by atoms with E-state index in [1.807, 2.05) is 32.0 Å². The number of piperidine rings is 1. The first-order valence-corrected chi connectivity index (χ1v) is 10.9. The lowest BCUT2D eigenvalue weighted by Crippen LogP contribution is -2.35. The van der Waals surface area contributed by atoms with E-state index in [9.17, 15) is 13.2 Å². The number of hydrogen-bond donors (Lipinski definition) is 1. The van der Waals surface area contributed by atoms with Crippen LogP contribution in [0.4, 0.5) is 5.69 Å². The SMILES string of the molecule is Cc1cccc(OCC(=O)Nc2cccc(S(=O)(=O)N3CCCCC3)c2)c1C. The van der Waals surface area contributed by atoms with Crippen LogP contribution in [0.1, 0.15) is 30.4 Å². The molecule has 150 valence electrons. The Kier molecular flexibility index (Phi) is 6.36. The molecule has 0 radical (unpaired) electrons. The molecule has 1 aliphatic rings. The molecule has 2 aromatic carbocycles. The van der Waals surface area contributed by atoms with Crippen molar-refractivity contribution in [1.29, 1.82) is 0 Å². The van der Waals surface area contributed by atoms with Crippen molar-refractivity contribution in [3.63, 3.8) is 0 Å². The van der Waals surface area contributed by atoms with Gasteiger partial charge in [0.15, 0.2) is 6.61 Å². The van der Waals surface area contributed by atoms with E-state index in [2.05, 4.69) is 5.32 Å². The van der Waals surface area contributed by atoms with E-state index < -0.39 is 10.0 Å². The van der Waals surface area contributed by atoms with Gasteiger partial charge < -0.3 is 10.1 Å². The quantitative estimate of drug-likeness (QED) is 0.802. The fraction of sp³-hybridized carbons (Fsp3) is 0.381. The van der Waals surface area contributed by atoms with Gasteiger partial charge in [-0.05, 0) is 62.1 Å². The molecule has 1 aliphatic heterocycles. The van der Waals surface area contributed by atoms with E-state index in [0.29, 0.717) is 24.5 Å². The topological polar surface area (TPSA) is 75.7 Å². The number of hydrogen-bond acceptors (Lipinski definition) is 4. The van der Waals surface area contributed by atoms with Crippen LogP contribution in [0.15, 0.2) is 47.4 Å². The molecule has 1 saturated heterocycles. The van der Waals surface area contributed by atoms with E-state index in [0.717, 1.165) is 30.4 Å². The fourth-order valence-electron chi connectivity index (χ4n) is 3.21. The van der Waals surface area contributed by atoms with E-state index in [1.54, 1.807) is 18.2 Å². The maximum Gasteiger partial charge on any atom is 0.262 e. The van der Waals surface area contributed by atoms with Gasteiger partial charge in [0.2, 0.25) is 10.0 Å². The number of anilines is 1. The van der Waals surface area contributed by atoms with Crippen molar-refractivity contribution >= 4 is 21.6 Å². The summed E-state index contributed by atoms with van der Waals surface area (Å²) in [6.07, 6.45) is 2.82. The molecule has 1 fully saturated rings. The zero-order valence-electron chi connectivity index (χ0n) is 16.3. The number of amides is 1. The summed E-state index contributed by atoms with van der Waals surface area (Å²) in [5.74, 6) is 0.324. The number of aryl methyl sites for hydroxylation is 1. The lowest BCUT2D eigenvalue weighted by atomic mass is 10.1. The van der Waals surface area contributed by atoms with Gasteiger partial charge in [0.25, 0.3) is 5.91 Å². The van der Waals surface area contributed by atoms with Gasteiger partial charge in [0.05, 0.1) is 4.90 Å². The van der Waals surface area contributed by atoms with Crippen molar-refractivity contribution in [2.24, 2.45) is 0 Å². The highest BCUT2D eigenvalue weighted by Gasteiger charge is 2.26. The Labute approximate surface area is 166 Å². The Morgan fingerprint density at radius 2 is 1.79 bits per heavy atom. The number of rotatable bonds is 6. The Hall–Kier alpha value is -2.38. The van der Waals surface area contributed by atoms with Gasteiger partial charge in [-0.2, -0.15) is 4.31 Å².